The number of ether oxygens (including phenoxy) is 2. The van der Waals surface area contributed by atoms with Gasteiger partial charge in [0, 0.05) is 24.5 Å². The number of carbonyl (C=O) groups is 2. The van der Waals surface area contributed by atoms with Crippen molar-refractivity contribution in [2.45, 2.75) is 63.5 Å². The molecule has 8 nitrogen and oxygen atoms in total. The van der Waals surface area contributed by atoms with Crippen LogP contribution in [0.3, 0.4) is 0 Å². The maximum atomic E-state index is 13.4. The van der Waals surface area contributed by atoms with E-state index in [0.29, 0.717) is 31.1 Å². The first-order valence-corrected chi connectivity index (χ1v) is 12.7. The third kappa shape index (κ3) is 5.35. The van der Waals surface area contributed by atoms with Crippen molar-refractivity contribution in [1.82, 2.24) is 15.5 Å². The van der Waals surface area contributed by atoms with Gasteiger partial charge in [-0.2, -0.15) is 5.26 Å². The van der Waals surface area contributed by atoms with Gasteiger partial charge >= 0.3 is 6.36 Å². The number of fused-ring (bicyclic) bond motifs is 1. The molecule has 4 aliphatic rings. The number of amides is 2. The van der Waals surface area contributed by atoms with Crippen molar-refractivity contribution in [2.75, 3.05) is 19.7 Å². The number of hydrogen-bond donors (Lipinski definition) is 2. The number of halogens is 3. The Hall–Kier alpha value is -3.00. The second-order valence-corrected chi connectivity index (χ2v) is 11.4. The van der Waals surface area contributed by atoms with Crippen LogP contribution in [0.2, 0.25) is 0 Å². The zero-order valence-electron chi connectivity index (χ0n) is 20.8. The molecule has 0 radical (unpaired) electrons. The zero-order valence-corrected chi connectivity index (χ0v) is 20.8. The highest BCUT2D eigenvalue weighted by molar-refractivity contribution is 5.85. The normalized spacial score (nSPS) is 29.7. The van der Waals surface area contributed by atoms with Gasteiger partial charge in [-0.05, 0) is 67.2 Å². The standard InChI is InChI=1S/C26H31F3N4O4/c1-24(2)19-14-33(9-10-36-17-3-5-18(6-4-17)37-26(27,28)29)21(20(19)24)23(35)31-16(13-30)11-15-12-25(7-8-25)32-22(15)34/h3-6,15-16,19-21H,7-12,14H2,1-2H3,(H,31,35)(H,32,34)/t15-,16+,19+,20+,21+/m1/s1. The third-order valence-corrected chi connectivity index (χ3v) is 8.52. The smallest absolute Gasteiger partial charge is 0.492 e. The predicted octanol–water partition coefficient (Wildman–Crippen LogP) is 2.99. The fraction of sp³-hybridized carbons (Fsp3) is 0.654. The van der Waals surface area contributed by atoms with E-state index in [2.05, 4.69) is 35.3 Å². The summed E-state index contributed by atoms with van der Waals surface area (Å²) >= 11 is 0. The van der Waals surface area contributed by atoms with E-state index >= 15 is 0 Å². The van der Waals surface area contributed by atoms with Crippen molar-refractivity contribution in [3.8, 4) is 17.6 Å². The van der Waals surface area contributed by atoms with Crippen LogP contribution < -0.4 is 20.1 Å². The summed E-state index contributed by atoms with van der Waals surface area (Å²) in [6, 6.07) is 6.18. The largest absolute Gasteiger partial charge is 0.573 e. The summed E-state index contributed by atoms with van der Waals surface area (Å²) in [7, 11) is 0. The van der Waals surface area contributed by atoms with Gasteiger partial charge < -0.3 is 20.1 Å². The minimum absolute atomic E-state index is 0.0273. The quantitative estimate of drug-likeness (QED) is 0.519. The van der Waals surface area contributed by atoms with E-state index in [0.717, 1.165) is 19.4 Å². The molecule has 2 aliphatic carbocycles. The molecule has 4 fully saturated rings. The topological polar surface area (TPSA) is 104 Å². The Balaban J connectivity index is 1.16. The third-order valence-electron chi connectivity index (χ3n) is 8.52. The maximum absolute atomic E-state index is 13.4. The van der Waals surface area contributed by atoms with Crippen LogP contribution in [0.4, 0.5) is 13.2 Å². The lowest BCUT2D eigenvalue weighted by atomic mass is 9.95. The van der Waals surface area contributed by atoms with E-state index in [-0.39, 0.29) is 47.0 Å². The minimum Gasteiger partial charge on any atom is -0.492 e. The summed E-state index contributed by atoms with van der Waals surface area (Å²) in [5.74, 6) is 0.0819. The molecule has 5 rings (SSSR count). The maximum Gasteiger partial charge on any atom is 0.573 e. The number of likely N-dealkylation sites (tertiary alicyclic amines) is 1. The van der Waals surface area contributed by atoms with E-state index in [9.17, 15) is 28.0 Å². The number of hydrogen-bond acceptors (Lipinski definition) is 6. The molecule has 0 aromatic heterocycles. The molecule has 11 heteroatoms. The summed E-state index contributed by atoms with van der Waals surface area (Å²) in [4.78, 5) is 27.7. The van der Waals surface area contributed by atoms with Gasteiger partial charge in [0.15, 0.2) is 0 Å². The molecule has 1 aromatic carbocycles. The van der Waals surface area contributed by atoms with Crippen LogP contribution >= 0.6 is 0 Å². The summed E-state index contributed by atoms with van der Waals surface area (Å²) in [6.07, 6.45) is -1.79. The van der Waals surface area contributed by atoms with Crippen LogP contribution in [0.25, 0.3) is 0 Å². The fourth-order valence-corrected chi connectivity index (χ4v) is 6.27. The molecule has 0 bridgehead atoms. The molecule has 0 unspecified atom stereocenters. The van der Waals surface area contributed by atoms with Gasteiger partial charge in [-0.1, -0.05) is 13.8 Å². The van der Waals surface area contributed by atoms with Crippen molar-refractivity contribution in [3.05, 3.63) is 24.3 Å². The number of carbonyl (C=O) groups excluding carboxylic acids is 2. The first kappa shape index (κ1) is 25.6. The minimum atomic E-state index is -4.75. The summed E-state index contributed by atoms with van der Waals surface area (Å²) in [5.41, 5.74) is -0.0511. The van der Waals surface area contributed by atoms with Gasteiger partial charge in [0.05, 0.1) is 12.1 Å². The molecule has 2 saturated heterocycles. The summed E-state index contributed by atoms with van der Waals surface area (Å²) < 4.78 is 46.6. The van der Waals surface area contributed by atoms with Crippen LogP contribution in [-0.2, 0) is 9.59 Å². The monoisotopic (exact) mass is 520 g/mol. The first-order chi connectivity index (χ1) is 17.4. The van der Waals surface area contributed by atoms with Crippen LogP contribution in [0.15, 0.2) is 24.3 Å². The summed E-state index contributed by atoms with van der Waals surface area (Å²) in [5, 5.41) is 15.6. The molecule has 2 aliphatic heterocycles. The lowest BCUT2D eigenvalue weighted by Gasteiger charge is -2.30. The second kappa shape index (κ2) is 9.08. The molecular formula is C26H31F3N4O4. The van der Waals surface area contributed by atoms with Crippen molar-refractivity contribution >= 4 is 11.8 Å². The van der Waals surface area contributed by atoms with Crippen LogP contribution in [-0.4, -0.2) is 60.4 Å². The van der Waals surface area contributed by atoms with Crippen molar-refractivity contribution in [2.24, 2.45) is 23.2 Å². The molecule has 2 heterocycles. The SMILES string of the molecule is CC1(C)[C@@H]2[C@@H](C(=O)N[C@H](C#N)C[C@@H]3CC4(CC4)NC3=O)N(CCOc3ccc(OC(F)(F)F)cc3)C[C@@H]21. The number of nitrogens with one attached hydrogen (secondary N) is 2. The Morgan fingerprint density at radius 2 is 1.95 bits per heavy atom. The summed E-state index contributed by atoms with van der Waals surface area (Å²) in [6.45, 7) is 5.70. The molecule has 37 heavy (non-hydrogen) atoms. The predicted molar refractivity (Wildman–Crippen MR) is 125 cm³/mol. The van der Waals surface area contributed by atoms with Crippen molar-refractivity contribution in [3.63, 3.8) is 0 Å². The van der Waals surface area contributed by atoms with Crippen LogP contribution in [0, 0.1) is 34.5 Å². The second-order valence-electron chi connectivity index (χ2n) is 11.4. The average molecular weight is 521 g/mol. The lowest BCUT2D eigenvalue weighted by molar-refractivity contribution is -0.274. The van der Waals surface area contributed by atoms with E-state index < -0.39 is 18.4 Å². The number of piperidine rings is 1. The van der Waals surface area contributed by atoms with Gasteiger partial charge in [-0.25, -0.2) is 0 Å². The fourth-order valence-electron chi connectivity index (χ4n) is 6.27. The van der Waals surface area contributed by atoms with Crippen molar-refractivity contribution < 1.29 is 32.2 Å². The molecular weight excluding hydrogens is 489 g/mol. The Labute approximate surface area is 213 Å². The Morgan fingerprint density at radius 1 is 1.27 bits per heavy atom. The average Bonchev–Trinajstić information content (AvgIpc) is 3.54. The van der Waals surface area contributed by atoms with Gasteiger partial charge in [0.25, 0.3) is 0 Å². The molecule has 200 valence electrons. The van der Waals surface area contributed by atoms with Crippen molar-refractivity contribution in [1.29, 1.82) is 5.26 Å². The van der Waals surface area contributed by atoms with E-state index in [1.807, 2.05) is 4.90 Å². The van der Waals surface area contributed by atoms with Crippen LogP contribution in [0.1, 0.15) is 39.5 Å². The zero-order chi connectivity index (χ0) is 26.6. The number of rotatable bonds is 9. The highest BCUT2D eigenvalue weighted by atomic mass is 19.4. The van der Waals surface area contributed by atoms with Gasteiger partial charge in [0.2, 0.25) is 11.8 Å². The van der Waals surface area contributed by atoms with Crippen LogP contribution in [0.5, 0.6) is 11.5 Å². The number of benzene rings is 1. The molecule has 5 atom stereocenters. The number of nitrogens with zero attached hydrogens (tertiary/aromatic N) is 2. The molecule has 2 amide bonds. The highest BCUT2D eigenvalue weighted by Gasteiger charge is 2.68. The molecule has 2 saturated carbocycles. The van der Waals surface area contributed by atoms with E-state index in [1.54, 1.807) is 0 Å². The van der Waals surface area contributed by atoms with Gasteiger partial charge in [-0.3, -0.25) is 14.5 Å². The Kier molecular flexibility index (Phi) is 6.29. The van der Waals surface area contributed by atoms with E-state index in [4.69, 9.17) is 4.74 Å². The number of alkyl halides is 3. The van der Waals surface area contributed by atoms with Gasteiger partial charge in [-0.15, -0.1) is 13.2 Å². The molecule has 1 aromatic rings. The van der Waals surface area contributed by atoms with Gasteiger partial charge in [0.1, 0.15) is 24.1 Å². The lowest BCUT2D eigenvalue weighted by Crippen LogP contribution is -2.51. The highest BCUT2D eigenvalue weighted by Crippen LogP contribution is 2.64. The Morgan fingerprint density at radius 3 is 2.54 bits per heavy atom. The Bertz CT molecular complexity index is 1100. The van der Waals surface area contributed by atoms with E-state index in [1.165, 1.54) is 24.3 Å². The molecule has 1 spiro atoms. The molecule has 2 N–H and O–H groups in total. The number of nitriles is 1. The first-order valence-electron chi connectivity index (χ1n) is 12.7.